The molecule has 1 aromatic carbocycles. The van der Waals surface area contributed by atoms with Gasteiger partial charge in [-0.05, 0) is 39.3 Å². The van der Waals surface area contributed by atoms with Gasteiger partial charge in [-0.2, -0.15) is 0 Å². The molecule has 0 aromatic heterocycles. The summed E-state index contributed by atoms with van der Waals surface area (Å²) in [4.78, 5) is 11.1. The van der Waals surface area contributed by atoms with Crippen LogP contribution < -0.4 is 0 Å². The van der Waals surface area contributed by atoms with E-state index in [1.165, 1.54) is 6.07 Å². The van der Waals surface area contributed by atoms with Crippen LogP contribution >= 0.6 is 0 Å². The molecule has 120 valence electrons. The SMILES string of the molecule is CC1(C)OB(C(CC(=O)O)c2ccc(F)cc2F)OC1(C)C. The number of carboxylic acid groups (broad SMARTS) is 1. The summed E-state index contributed by atoms with van der Waals surface area (Å²) >= 11 is 0. The van der Waals surface area contributed by atoms with Crippen LogP contribution in [-0.2, 0) is 14.1 Å². The van der Waals surface area contributed by atoms with Crippen molar-refractivity contribution in [2.75, 3.05) is 0 Å². The summed E-state index contributed by atoms with van der Waals surface area (Å²) < 4.78 is 38.8. The number of halogens is 2. The maximum atomic E-state index is 14.0. The minimum absolute atomic E-state index is 0.0716. The lowest BCUT2D eigenvalue weighted by atomic mass is 9.66. The van der Waals surface area contributed by atoms with Crippen molar-refractivity contribution in [1.82, 2.24) is 0 Å². The molecule has 1 saturated heterocycles. The van der Waals surface area contributed by atoms with E-state index in [-0.39, 0.29) is 12.0 Å². The highest BCUT2D eigenvalue weighted by atomic mass is 19.1. The summed E-state index contributed by atoms with van der Waals surface area (Å²) in [6.07, 6.45) is -0.376. The molecule has 0 radical (unpaired) electrons. The Kier molecular flexibility index (Phi) is 4.32. The summed E-state index contributed by atoms with van der Waals surface area (Å²) in [6, 6.07) is 3.07. The van der Waals surface area contributed by atoms with Crippen molar-refractivity contribution in [1.29, 1.82) is 0 Å². The van der Waals surface area contributed by atoms with Gasteiger partial charge < -0.3 is 14.4 Å². The van der Waals surface area contributed by atoms with Gasteiger partial charge in [-0.25, -0.2) is 8.78 Å². The van der Waals surface area contributed by atoms with E-state index in [9.17, 15) is 13.6 Å². The molecule has 1 fully saturated rings. The predicted octanol–water partition coefficient (Wildman–Crippen LogP) is 3.15. The molecule has 0 saturated carbocycles. The average molecular weight is 312 g/mol. The molecule has 1 aliphatic rings. The van der Waals surface area contributed by atoms with Crippen molar-refractivity contribution in [3.8, 4) is 0 Å². The van der Waals surface area contributed by atoms with E-state index in [1.54, 1.807) is 0 Å². The van der Waals surface area contributed by atoms with Crippen molar-refractivity contribution < 1.29 is 28.0 Å². The molecule has 0 bridgehead atoms. The number of carboxylic acids is 1. The highest BCUT2D eigenvalue weighted by molar-refractivity contribution is 6.48. The Hall–Kier alpha value is -1.47. The smallest absolute Gasteiger partial charge is 0.466 e. The van der Waals surface area contributed by atoms with Crippen LogP contribution in [0.2, 0.25) is 0 Å². The lowest BCUT2D eigenvalue weighted by molar-refractivity contribution is -0.137. The standard InChI is InChI=1S/C15H19BF2O4/c1-14(2)15(3,4)22-16(21-14)11(8-13(19)20)10-6-5-9(17)7-12(10)18/h5-7,11H,8H2,1-4H3,(H,19,20). The highest BCUT2D eigenvalue weighted by Gasteiger charge is 2.54. The van der Waals surface area contributed by atoms with Crippen molar-refractivity contribution in [2.45, 2.75) is 51.1 Å². The van der Waals surface area contributed by atoms with Crippen LogP contribution in [0.25, 0.3) is 0 Å². The van der Waals surface area contributed by atoms with Gasteiger partial charge in [0.15, 0.2) is 0 Å². The predicted molar refractivity (Wildman–Crippen MR) is 77.4 cm³/mol. The normalized spacial score (nSPS) is 20.9. The van der Waals surface area contributed by atoms with E-state index in [4.69, 9.17) is 14.4 Å². The van der Waals surface area contributed by atoms with Gasteiger partial charge in [0.1, 0.15) is 11.6 Å². The Morgan fingerprint density at radius 3 is 2.23 bits per heavy atom. The first-order chi connectivity index (χ1) is 10.0. The third kappa shape index (κ3) is 3.15. The molecule has 0 aliphatic carbocycles. The molecule has 22 heavy (non-hydrogen) atoms. The van der Waals surface area contributed by atoms with Crippen molar-refractivity contribution in [3.63, 3.8) is 0 Å². The van der Waals surface area contributed by atoms with Crippen LogP contribution in [0.5, 0.6) is 0 Å². The van der Waals surface area contributed by atoms with E-state index in [1.807, 2.05) is 27.7 Å². The number of aliphatic carboxylic acids is 1. The third-order valence-electron chi connectivity index (χ3n) is 4.36. The van der Waals surface area contributed by atoms with Crippen molar-refractivity contribution >= 4 is 13.1 Å². The molecule has 1 heterocycles. The molecule has 1 aromatic rings. The van der Waals surface area contributed by atoms with Crippen LogP contribution in [-0.4, -0.2) is 29.4 Å². The van der Waals surface area contributed by atoms with Crippen molar-refractivity contribution in [3.05, 3.63) is 35.4 Å². The van der Waals surface area contributed by atoms with Gasteiger partial charge in [0.05, 0.1) is 17.6 Å². The fourth-order valence-electron chi connectivity index (χ4n) is 2.40. The van der Waals surface area contributed by atoms with Gasteiger partial charge in [0.2, 0.25) is 0 Å². The van der Waals surface area contributed by atoms with Crippen LogP contribution in [0.4, 0.5) is 8.78 Å². The topological polar surface area (TPSA) is 55.8 Å². The summed E-state index contributed by atoms with van der Waals surface area (Å²) in [5.74, 6) is -3.49. The second-order valence-corrected chi connectivity index (χ2v) is 6.49. The molecule has 1 N–H and O–H groups in total. The van der Waals surface area contributed by atoms with Crippen LogP contribution in [0.3, 0.4) is 0 Å². The van der Waals surface area contributed by atoms with E-state index >= 15 is 0 Å². The molecule has 4 nitrogen and oxygen atoms in total. The summed E-state index contributed by atoms with van der Waals surface area (Å²) in [5, 5.41) is 9.10. The molecule has 1 unspecified atom stereocenters. The van der Waals surface area contributed by atoms with Gasteiger partial charge >= 0.3 is 13.1 Å². The first kappa shape index (κ1) is 16.9. The van der Waals surface area contributed by atoms with E-state index in [2.05, 4.69) is 0 Å². The lowest BCUT2D eigenvalue weighted by Gasteiger charge is -2.32. The number of benzene rings is 1. The summed E-state index contributed by atoms with van der Waals surface area (Å²) in [5.41, 5.74) is -1.25. The van der Waals surface area contributed by atoms with E-state index in [0.29, 0.717) is 0 Å². The zero-order chi connectivity index (χ0) is 16.7. The largest absolute Gasteiger partial charge is 0.481 e. The highest BCUT2D eigenvalue weighted by Crippen LogP contribution is 2.42. The van der Waals surface area contributed by atoms with Crippen LogP contribution in [0.1, 0.15) is 45.5 Å². The van der Waals surface area contributed by atoms with E-state index < -0.39 is 41.7 Å². The minimum Gasteiger partial charge on any atom is -0.481 e. The first-order valence-electron chi connectivity index (χ1n) is 7.06. The monoisotopic (exact) mass is 312 g/mol. The molecule has 0 amide bonds. The Bertz CT molecular complexity index is 573. The third-order valence-corrected chi connectivity index (χ3v) is 4.36. The number of carbonyl (C=O) groups is 1. The molecule has 0 spiro atoms. The molecular formula is C15H19BF2O4. The van der Waals surface area contributed by atoms with Crippen molar-refractivity contribution in [2.24, 2.45) is 0 Å². The maximum absolute atomic E-state index is 14.0. The Morgan fingerprint density at radius 2 is 1.77 bits per heavy atom. The lowest BCUT2D eigenvalue weighted by Crippen LogP contribution is -2.41. The molecular weight excluding hydrogens is 293 g/mol. The quantitative estimate of drug-likeness (QED) is 0.868. The van der Waals surface area contributed by atoms with Gasteiger partial charge in [-0.15, -0.1) is 0 Å². The molecule has 2 rings (SSSR count). The summed E-state index contributed by atoms with van der Waals surface area (Å²) in [6.45, 7) is 7.30. The van der Waals surface area contributed by atoms with Crippen LogP contribution in [0.15, 0.2) is 18.2 Å². The molecule has 7 heteroatoms. The average Bonchev–Trinajstić information content (AvgIpc) is 2.56. The van der Waals surface area contributed by atoms with Gasteiger partial charge in [-0.1, -0.05) is 6.07 Å². The molecule has 1 atom stereocenters. The minimum atomic E-state index is -1.11. The van der Waals surface area contributed by atoms with Gasteiger partial charge in [0, 0.05) is 11.9 Å². The zero-order valence-corrected chi connectivity index (χ0v) is 13.0. The first-order valence-corrected chi connectivity index (χ1v) is 7.06. The second kappa shape index (κ2) is 5.63. The van der Waals surface area contributed by atoms with Gasteiger partial charge in [-0.3, -0.25) is 4.79 Å². The number of hydrogen-bond donors (Lipinski definition) is 1. The van der Waals surface area contributed by atoms with Gasteiger partial charge in [0.25, 0.3) is 0 Å². The zero-order valence-electron chi connectivity index (χ0n) is 13.0. The Labute approximate surface area is 128 Å². The second-order valence-electron chi connectivity index (χ2n) is 6.49. The van der Waals surface area contributed by atoms with E-state index in [0.717, 1.165) is 12.1 Å². The van der Waals surface area contributed by atoms with Crippen LogP contribution in [0, 0.1) is 11.6 Å². The Morgan fingerprint density at radius 1 is 1.23 bits per heavy atom. The Balaban J connectivity index is 2.38. The fraction of sp³-hybridized carbons (Fsp3) is 0.533. The fourth-order valence-corrected chi connectivity index (χ4v) is 2.40. The number of hydrogen-bond acceptors (Lipinski definition) is 3. The summed E-state index contributed by atoms with van der Waals surface area (Å²) in [7, 11) is -0.916. The number of rotatable bonds is 4. The maximum Gasteiger partial charge on any atom is 0.466 e. The molecule has 1 aliphatic heterocycles.